The first-order valence-electron chi connectivity index (χ1n) is 4.64. The molecule has 0 saturated heterocycles. The first-order valence-corrected chi connectivity index (χ1v) is 4.64. The first kappa shape index (κ1) is 10.9. The molecule has 0 saturated carbocycles. The maximum absolute atomic E-state index is 9.22. The Labute approximate surface area is 70.0 Å². The number of unbranched alkanes of at least 4 members (excludes halogenated alkanes) is 1. The SMILES string of the molecule is CCCCC(C)NC(O)CC. The van der Waals surface area contributed by atoms with Crippen molar-refractivity contribution in [1.82, 2.24) is 5.32 Å². The summed E-state index contributed by atoms with van der Waals surface area (Å²) in [5.74, 6) is 0. The highest BCUT2D eigenvalue weighted by atomic mass is 16.3. The molecule has 2 atom stereocenters. The van der Waals surface area contributed by atoms with Gasteiger partial charge in [-0.2, -0.15) is 0 Å². The molecule has 2 heteroatoms. The van der Waals surface area contributed by atoms with Crippen LogP contribution in [0.1, 0.15) is 46.5 Å². The van der Waals surface area contributed by atoms with Crippen molar-refractivity contribution in [3.63, 3.8) is 0 Å². The molecule has 0 aliphatic carbocycles. The van der Waals surface area contributed by atoms with Crippen molar-refractivity contribution < 1.29 is 5.11 Å². The number of hydrogen-bond donors (Lipinski definition) is 2. The maximum atomic E-state index is 9.22. The average Bonchev–Trinajstić information content (AvgIpc) is 2.00. The third kappa shape index (κ3) is 6.32. The van der Waals surface area contributed by atoms with Gasteiger partial charge in [-0.15, -0.1) is 0 Å². The highest BCUT2D eigenvalue weighted by Gasteiger charge is 2.04. The van der Waals surface area contributed by atoms with Gasteiger partial charge in [-0.1, -0.05) is 26.7 Å². The van der Waals surface area contributed by atoms with Crippen LogP contribution in [0, 0.1) is 0 Å². The van der Waals surface area contributed by atoms with Crippen LogP contribution in [-0.4, -0.2) is 17.4 Å². The summed E-state index contributed by atoms with van der Waals surface area (Å²) in [5, 5.41) is 12.3. The highest BCUT2D eigenvalue weighted by molar-refractivity contribution is 4.61. The number of aliphatic hydroxyl groups excluding tert-OH is 1. The van der Waals surface area contributed by atoms with Crippen LogP contribution >= 0.6 is 0 Å². The summed E-state index contributed by atoms with van der Waals surface area (Å²) < 4.78 is 0. The van der Waals surface area contributed by atoms with Crippen LogP contribution in [0.3, 0.4) is 0 Å². The van der Waals surface area contributed by atoms with Crippen LogP contribution in [0.2, 0.25) is 0 Å². The normalized spacial score (nSPS) is 16.4. The van der Waals surface area contributed by atoms with Gasteiger partial charge >= 0.3 is 0 Å². The fourth-order valence-corrected chi connectivity index (χ4v) is 1.04. The van der Waals surface area contributed by atoms with Crippen molar-refractivity contribution in [1.29, 1.82) is 0 Å². The Morgan fingerprint density at radius 1 is 1.36 bits per heavy atom. The van der Waals surface area contributed by atoms with Crippen molar-refractivity contribution in [3.8, 4) is 0 Å². The van der Waals surface area contributed by atoms with E-state index in [9.17, 15) is 5.11 Å². The van der Waals surface area contributed by atoms with E-state index in [1.807, 2.05) is 6.92 Å². The van der Waals surface area contributed by atoms with Crippen LogP contribution in [0.25, 0.3) is 0 Å². The van der Waals surface area contributed by atoms with Gasteiger partial charge < -0.3 is 5.11 Å². The molecule has 2 unspecified atom stereocenters. The van der Waals surface area contributed by atoms with E-state index < -0.39 is 0 Å². The molecule has 0 aliphatic heterocycles. The van der Waals surface area contributed by atoms with Gasteiger partial charge in [-0.05, 0) is 19.8 Å². The third-order valence-electron chi connectivity index (χ3n) is 1.85. The minimum Gasteiger partial charge on any atom is -0.379 e. The second kappa shape index (κ2) is 6.62. The van der Waals surface area contributed by atoms with E-state index in [4.69, 9.17) is 0 Å². The summed E-state index contributed by atoms with van der Waals surface area (Å²) in [7, 11) is 0. The topological polar surface area (TPSA) is 32.3 Å². The summed E-state index contributed by atoms with van der Waals surface area (Å²) in [6.07, 6.45) is 4.10. The van der Waals surface area contributed by atoms with Crippen molar-refractivity contribution in [2.24, 2.45) is 0 Å². The fourth-order valence-electron chi connectivity index (χ4n) is 1.04. The van der Waals surface area contributed by atoms with Crippen molar-refractivity contribution in [3.05, 3.63) is 0 Å². The summed E-state index contributed by atoms with van der Waals surface area (Å²) >= 11 is 0. The standard InChI is InChI=1S/C9H21NO/c1-4-6-7-8(3)10-9(11)5-2/h8-11H,4-7H2,1-3H3. The van der Waals surface area contributed by atoms with Gasteiger partial charge in [0, 0.05) is 6.04 Å². The van der Waals surface area contributed by atoms with Gasteiger partial charge in [0.1, 0.15) is 6.23 Å². The average molecular weight is 159 g/mol. The van der Waals surface area contributed by atoms with Crippen LogP contribution in [0.4, 0.5) is 0 Å². The fraction of sp³-hybridized carbons (Fsp3) is 1.00. The molecule has 0 fully saturated rings. The minimum absolute atomic E-state index is 0.318. The molecule has 0 aromatic carbocycles. The highest BCUT2D eigenvalue weighted by Crippen LogP contribution is 2.00. The lowest BCUT2D eigenvalue weighted by Crippen LogP contribution is -2.35. The Hall–Kier alpha value is -0.0800. The molecule has 11 heavy (non-hydrogen) atoms. The van der Waals surface area contributed by atoms with Crippen LogP contribution in [0.15, 0.2) is 0 Å². The molecule has 0 spiro atoms. The molecule has 0 aromatic heterocycles. The number of nitrogens with one attached hydrogen (secondary N) is 1. The van der Waals surface area contributed by atoms with Gasteiger partial charge in [0.25, 0.3) is 0 Å². The van der Waals surface area contributed by atoms with E-state index in [1.54, 1.807) is 0 Å². The van der Waals surface area contributed by atoms with Crippen molar-refractivity contribution >= 4 is 0 Å². The zero-order valence-electron chi connectivity index (χ0n) is 7.93. The lowest BCUT2D eigenvalue weighted by atomic mass is 10.1. The van der Waals surface area contributed by atoms with Crippen LogP contribution in [-0.2, 0) is 0 Å². The second-order valence-electron chi connectivity index (χ2n) is 3.13. The van der Waals surface area contributed by atoms with E-state index >= 15 is 0 Å². The molecular weight excluding hydrogens is 138 g/mol. The predicted molar refractivity (Wildman–Crippen MR) is 48.4 cm³/mol. The first-order chi connectivity index (χ1) is 5.20. The van der Waals surface area contributed by atoms with Gasteiger partial charge in [0.15, 0.2) is 0 Å². The lowest BCUT2D eigenvalue weighted by Gasteiger charge is -2.17. The molecule has 2 nitrogen and oxygen atoms in total. The Kier molecular flexibility index (Phi) is 6.57. The lowest BCUT2D eigenvalue weighted by molar-refractivity contribution is 0.118. The Balaban J connectivity index is 3.27. The summed E-state index contributed by atoms with van der Waals surface area (Å²) in [5.41, 5.74) is 0. The number of aliphatic hydroxyl groups is 1. The molecule has 0 heterocycles. The zero-order chi connectivity index (χ0) is 8.69. The van der Waals surface area contributed by atoms with Crippen molar-refractivity contribution in [2.45, 2.75) is 58.7 Å². The van der Waals surface area contributed by atoms with Gasteiger partial charge in [0.05, 0.1) is 0 Å². The monoisotopic (exact) mass is 159 g/mol. The smallest absolute Gasteiger partial charge is 0.104 e. The summed E-state index contributed by atoms with van der Waals surface area (Å²) in [4.78, 5) is 0. The quantitative estimate of drug-likeness (QED) is 0.580. The number of hydrogen-bond acceptors (Lipinski definition) is 2. The van der Waals surface area contributed by atoms with E-state index in [0.29, 0.717) is 6.04 Å². The maximum Gasteiger partial charge on any atom is 0.104 e. The molecule has 0 aromatic rings. The van der Waals surface area contributed by atoms with E-state index in [1.165, 1.54) is 12.8 Å². The van der Waals surface area contributed by atoms with E-state index in [0.717, 1.165) is 12.8 Å². The molecule has 0 bridgehead atoms. The molecule has 68 valence electrons. The molecule has 0 radical (unpaired) electrons. The molecule has 0 amide bonds. The third-order valence-corrected chi connectivity index (χ3v) is 1.85. The minimum atomic E-state index is -0.318. The van der Waals surface area contributed by atoms with Gasteiger partial charge in [-0.25, -0.2) is 0 Å². The van der Waals surface area contributed by atoms with Gasteiger partial charge in [0.2, 0.25) is 0 Å². The predicted octanol–water partition coefficient (Wildman–Crippen LogP) is 1.88. The van der Waals surface area contributed by atoms with Crippen LogP contribution < -0.4 is 5.32 Å². The number of rotatable bonds is 6. The Morgan fingerprint density at radius 2 is 2.00 bits per heavy atom. The van der Waals surface area contributed by atoms with E-state index in [2.05, 4.69) is 19.2 Å². The second-order valence-corrected chi connectivity index (χ2v) is 3.13. The molecular formula is C9H21NO. The molecule has 2 N–H and O–H groups in total. The summed E-state index contributed by atoms with van der Waals surface area (Å²) in [6, 6.07) is 0.449. The van der Waals surface area contributed by atoms with Crippen LogP contribution in [0.5, 0.6) is 0 Å². The molecule has 0 aliphatic rings. The Bertz CT molecular complexity index is 85.6. The van der Waals surface area contributed by atoms with E-state index in [-0.39, 0.29) is 6.23 Å². The summed E-state index contributed by atoms with van der Waals surface area (Å²) in [6.45, 7) is 6.28. The van der Waals surface area contributed by atoms with Crippen molar-refractivity contribution in [2.75, 3.05) is 0 Å². The Morgan fingerprint density at radius 3 is 2.45 bits per heavy atom. The van der Waals surface area contributed by atoms with Gasteiger partial charge in [-0.3, -0.25) is 5.32 Å². The molecule has 0 rings (SSSR count). The largest absolute Gasteiger partial charge is 0.379 e. The zero-order valence-corrected chi connectivity index (χ0v) is 7.93.